The van der Waals surface area contributed by atoms with E-state index in [2.05, 4.69) is 24.5 Å². The second-order valence-corrected chi connectivity index (χ2v) is 5.65. The number of rotatable bonds is 8. The van der Waals surface area contributed by atoms with E-state index in [1.54, 1.807) is 24.3 Å². The smallest absolute Gasteiger partial charge is 0.115 e. The molecule has 0 unspecified atom stereocenters. The molecule has 0 aromatic heterocycles. The number of aromatic hydroxyl groups is 2. The molecule has 24 heavy (non-hydrogen) atoms. The first-order chi connectivity index (χ1) is 11.7. The Balaban J connectivity index is 0.000000240. The van der Waals surface area contributed by atoms with Gasteiger partial charge in [0.1, 0.15) is 11.5 Å². The van der Waals surface area contributed by atoms with Gasteiger partial charge in [0.15, 0.2) is 0 Å². The van der Waals surface area contributed by atoms with Crippen LogP contribution in [0.1, 0.15) is 39.5 Å². The van der Waals surface area contributed by atoms with E-state index < -0.39 is 0 Å². The normalized spacial score (nSPS) is 9.75. The topological polar surface area (TPSA) is 64.5 Å². The molecule has 0 saturated carbocycles. The molecule has 0 atom stereocenters. The number of nitrogens with one attached hydrogen (secondary N) is 2. The number of phenolic OH excluding ortho intramolecular Hbond substituents is 2. The average Bonchev–Trinajstić information content (AvgIpc) is 2.59. The summed E-state index contributed by atoms with van der Waals surface area (Å²) in [5.41, 5.74) is 2.14. The zero-order chi connectivity index (χ0) is 17.6. The highest BCUT2D eigenvalue weighted by molar-refractivity contribution is 5.46. The minimum absolute atomic E-state index is 0.316. The summed E-state index contributed by atoms with van der Waals surface area (Å²) in [5, 5.41) is 24.5. The van der Waals surface area contributed by atoms with Crippen molar-refractivity contribution in [2.24, 2.45) is 0 Å². The first kappa shape index (κ1) is 19.7. The average molecular weight is 330 g/mol. The van der Waals surface area contributed by atoms with Crippen molar-refractivity contribution in [2.45, 2.75) is 39.5 Å². The van der Waals surface area contributed by atoms with E-state index in [0.29, 0.717) is 11.5 Å². The molecule has 0 aliphatic carbocycles. The van der Waals surface area contributed by atoms with Crippen molar-refractivity contribution in [1.29, 1.82) is 0 Å². The van der Waals surface area contributed by atoms with Gasteiger partial charge in [0, 0.05) is 24.5 Å². The third-order valence-electron chi connectivity index (χ3n) is 3.45. The third-order valence-corrected chi connectivity index (χ3v) is 3.45. The molecule has 0 amide bonds. The highest BCUT2D eigenvalue weighted by atomic mass is 16.3. The van der Waals surface area contributed by atoms with Crippen LogP contribution in [0.3, 0.4) is 0 Å². The summed E-state index contributed by atoms with van der Waals surface area (Å²) in [5.74, 6) is 0.632. The van der Waals surface area contributed by atoms with Crippen molar-refractivity contribution < 1.29 is 10.2 Å². The van der Waals surface area contributed by atoms with Gasteiger partial charge >= 0.3 is 0 Å². The van der Waals surface area contributed by atoms with Crippen molar-refractivity contribution in [2.75, 3.05) is 23.7 Å². The van der Waals surface area contributed by atoms with E-state index >= 15 is 0 Å². The lowest BCUT2D eigenvalue weighted by atomic mass is 10.3. The van der Waals surface area contributed by atoms with Crippen LogP contribution in [0.2, 0.25) is 0 Å². The highest BCUT2D eigenvalue weighted by Crippen LogP contribution is 2.14. The van der Waals surface area contributed by atoms with E-state index in [-0.39, 0.29) is 0 Å². The van der Waals surface area contributed by atoms with Crippen LogP contribution in [0.15, 0.2) is 48.5 Å². The van der Waals surface area contributed by atoms with Gasteiger partial charge in [0.25, 0.3) is 0 Å². The molecule has 0 bridgehead atoms. The second-order valence-electron chi connectivity index (χ2n) is 5.65. The zero-order valence-electron chi connectivity index (χ0n) is 14.8. The monoisotopic (exact) mass is 330 g/mol. The van der Waals surface area contributed by atoms with Gasteiger partial charge in [-0.05, 0) is 61.4 Å². The fourth-order valence-corrected chi connectivity index (χ4v) is 1.98. The standard InChI is InChI=1S/2C10H15NO/c2*1-2-3-8-11-9-4-6-10(12)7-5-9/h2*4-7,11-12H,2-3,8H2,1H3. The summed E-state index contributed by atoms with van der Waals surface area (Å²) in [6, 6.07) is 14.3. The number of hydrogen-bond donors (Lipinski definition) is 4. The summed E-state index contributed by atoms with van der Waals surface area (Å²) in [4.78, 5) is 0. The van der Waals surface area contributed by atoms with Gasteiger partial charge < -0.3 is 20.8 Å². The Morgan fingerprint density at radius 2 is 0.958 bits per heavy atom. The lowest BCUT2D eigenvalue weighted by Gasteiger charge is -2.04. The Morgan fingerprint density at radius 3 is 1.25 bits per heavy atom. The predicted molar refractivity (Wildman–Crippen MR) is 103 cm³/mol. The first-order valence-electron chi connectivity index (χ1n) is 8.71. The summed E-state index contributed by atoms with van der Waals surface area (Å²) >= 11 is 0. The number of phenols is 2. The van der Waals surface area contributed by atoms with Crippen LogP contribution < -0.4 is 10.6 Å². The van der Waals surface area contributed by atoms with Gasteiger partial charge in [0.2, 0.25) is 0 Å². The minimum Gasteiger partial charge on any atom is -0.508 e. The molecule has 0 aliphatic rings. The Labute approximate surface area is 145 Å². The maximum absolute atomic E-state index is 9.00. The molecule has 0 fully saturated rings. The fraction of sp³-hybridized carbons (Fsp3) is 0.400. The zero-order valence-corrected chi connectivity index (χ0v) is 14.8. The van der Waals surface area contributed by atoms with Crippen LogP contribution in [0.5, 0.6) is 11.5 Å². The predicted octanol–water partition coefficient (Wildman–Crippen LogP) is 5.21. The molecule has 0 radical (unpaired) electrons. The second kappa shape index (κ2) is 12.1. The number of hydrogen-bond acceptors (Lipinski definition) is 4. The van der Waals surface area contributed by atoms with Crippen LogP contribution in [-0.2, 0) is 0 Å². The van der Waals surface area contributed by atoms with Gasteiger partial charge in [-0.3, -0.25) is 0 Å². The van der Waals surface area contributed by atoms with Crippen molar-refractivity contribution >= 4 is 11.4 Å². The molecule has 0 heterocycles. The van der Waals surface area contributed by atoms with Crippen LogP contribution in [0.25, 0.3) is 0 Å². The lowest BCUT2D eigenvalue weighted by Crippen LogP contribution is -1.99. The SMILES string of the molecule is CCCCNc1ccc(O)cc1.CCCCNc1ccc(O)cc1. The number of anilines is 2. The largest absolute Gasteiger partial charge is 0.508 e. The van der Waals surface area contributed by atoms with Crippen molar-refractivity contribution in [3.8, 4) is 11.5 Å². The Bertz CT molecular complexity index is 487. The third kappa shape index (κ3) is 8.93. The lowest BCUT2D eigenvalue weighted by molar-refractivity contribution is 0.475. The fourth-order valence-electron chi connectivity index (χ4n) is 1.98. The summed E-state index contributed by atoms with van der Waals surface area (Å²) in [6.45, 7) is 6.33. The van der Waals surface area contributed by atoms with E-state index in [0.717, 1.165) is 24.5 Å². The Morgan fingerprint density at radius 1 is 0.625 bits per heavy atom. The van der Waals surface area contributed by atoms with Crippen molar-refractivity contribution in [3.63, 3.8) is 0 Å². The molecular formula is C20H30N2O2. The molecule has 4 nitrogen and oxygen atoms in total. The molecular weight excluding hydrogens is 300 g/mol. The summed E-state index contributed by atoms with van der Waals surface area (Å²) in [6.07, 6.45) is 4.76. The maximum Gasteiger partial charge on any atom is 0.115 e. The van der Waals surface area contributed by atoms with Crippen molar-refractivity contribution in [1.82, 2.24) is 0 Å². The molecule has 0 saturated heterocycles. The van der Waals surface area contributed by atoms with Gasteiger partial charge in [-0.2, -0.15) is 0 Å². The quantitative estimate of drug-likeness (QED) is 0.396. The van der Waals surface area contributed by atoms with Gasteiger partial charge in [-0.25, -0.2) is 0 Å². The minimum atomic E-state index is 0.316. The van der Waals surface area contributed by atoms with Crippen LogP contribution in [-0.4, -0.2) is 23.3 Å². The molecule has 4 N–H and O–H groups in total. The highest BCUT2D eigenvalue weighted by Gasteiger charge is 1.91. The van der Waals surface area contributed by atoms with Crippen molar-refractivity contribution in [3.05, 3.63) is 48.5 Å². The summed E-state index contributed by atoms with van der Waals surface area (Å²) < 4.78 is 0. The first-order valence-corrected chi connectivity index (χ1v) is 8.71. The van der Waals surface area contributed by atoms with Gasteiger partial charge in [-0.1, -0.05) is 26.7 Å². The molecule has 2 rings (SSSR count). The van der Waals surface area contributed by atoms with Gasteiger partial charge in [0.05, 0.1) is 0 Å². The molecule has 2 aromatic rings. The van der Waals surface area contributed by atoms with E-state index in [4.69, 9.17) is 10.2 Å². The molecule has 0 spiro atoms. The van der Waals surface area contributed by atoms with Crippen LogP contribution in [0.4, 0.5) is 11.4 Å². The number of benzene rings is 2. The van der Waals surface area contributed by atoms with E-state index in [1.807, 2.05) is 24.3 Å². The maximum atomic E-state index is 9.00. The van der Waals surface area contributed by atoms with E-state index in [9.17, 15) is 0 Å². The Hall–Kier alpha value is -2.36. The van der Waals surface area contributed by atoms with Gasteiger partial charge in [-0.15, -0.1) is 0 Å². The molecule has 4 heteroatoms. The van der Waals surface area contributed by atoms with Crippen LogP contribution >= 0.6 is 0 Å². The molecule has 132 valence electrons. The molecule has 2 aromatic carbocycles. The van der Waals surface area contributed by atoms with E-state index in [1.165, 1.54) is 25.7 Å². The molecule has 0 aliphatic heterocycles. The summed E-state index contributed by atoms with van der Waals surface area (Å²) in [7, 11) is 0. The Kier molecular flexibility index (Phi) is 9.93. The number of unbranched alkanes of at least 4 members (excludes halogenated alkanes) is 2. The van der Waals surface area contributed by atoms with Crippen LogP contribution in [0, 0.1) is 0 Å².